The van der Waals surface area contributed by atoms with Crippen LogP contribution in [0.1, 0.15) is 11.4 Å². The molecule has 0 saturated heterocycles. The van der Waals surface area contributed by atoms with Gasteiger partial charge in [-0.15, -0.1) is 0 Å². The lowest BCUT2D eigenvalue weighted by Crippen LogP contribution is -2.36. The molecule has 19 heavy (non-hydrogen) atoms. The molecule has 0 aliphatic heterocycles. The fourth-order valence-corrected chi connectivity index (χ4v) is 2.98. The molecule has 8 nitrogen and oxygen atoms in total. The third-order valence-electron chi connectivity index (χ3n) is 2.34. The smallest absolute Gasteiger partial charge is 0.246 e. The average Bonchev–Trinajstić information content (AvgIpc) is 2.65. The number of rotatable bonds is 7. The molecule has 9 heteroatoms. The largest absolute Gasteiger partial charge is 0.375 e. The number of methoxy groups -OCH3 is 1. The molecule has 1 rings (SSSR count). The van der Waals surface area contributed by atoms with Crippen molar-refractivity contribution in [1.82, 2.24) is 20.2 Å². The number of H-pyrrole nitrogens is 1. The highest BCUT2D eigenvalue weighted by molar-refractivity contribution is 7.89. The summed E-state index contributed by atoms with van der Waals surface area (Å²) in [5.41, 5.74) is 0.891. The molecule has 1 aromatic rings. The van der Waals surface area contributed by atoms with Gasteiger partial charge in [-0.05, 0) is 13.8 Å². The van der Waals surface area contributed by atoms with Crippen LogP contribution in [0.3, 0.4) is 0 Å². The predicted molar refractivity (Wildman–Crippen MR) is 68.1 cm³/mol. The molecule has 0 aliphatic carbocycles. The van der Waals surface area contributed by atoms with Crippen molar-refractivity contribution in [3.05, 3.63) is 11.4 Å². The van der Waals surface area contributed by atoms with Crippen LogP contribution in [-0.2, 0) is 19.6 Å². The second kappa shape index (κ2) is 6.64. The van der Waals surface area contributed by atoms with Crippen molar-refractivity contribution in [3.63, 3.8) is 0 Å². The SMILES string of the molecule is COCC(=O)NCCNS(=O)(=O)c1c(C)n[nH]c1C. The van der Waals surface area contributed by atoms with Gasteiger partial charge in [-0.3, -0.25) is 9.89 Å². The van der Waals surface area contributed by atoms with E-state index in [0.717, 1.165) is 0 Å². The van der Waals surface area contributed by atoms with Crippen LogP contribution in [0, 0.1) is 13.8 Å². The quantitative estimate of drug-likeness (QED) is 0.561. The number of amides is 1. The summed E-state index contributed by atoms with van der Waals surface area (Å²) in [6.07, 6.45) is 0. The minimum Gasteiger partial charge on any atom is -0.375 e. The van der Waals surface area contributed by atoms with Crippen molar-refractivity contribution in [2.24, 2.45) is 0 Å². The Bertz CT molecular complexity index is 518. The minimum atomic E-state index is -3.61. The molecule has 0 radical (unpaired) electrons. The highest BCUT2D eigenvalue weighted by atomic mass is 32.2. The lowest BCUT2D eigenvalue weighted by Gasteiger charge is -2.07. The van der Waals surface area contributed by atoms with Crippen molar-refractivity contribution >= 4 is 15.9 Å². The zero-order valence-electron chi connectivity index (χ0n) is 11.1. The third kappa shape index (κ3) is 4.30. The number of nitrogens with one attached hydrogen (secondary N) is 3. The lowest BCUT2D eigenvalue weighted by atomic mass is 10.4. The van der Waals surface area contributed by atoms with E-state index in [1.54, 1.807) is 13.8 Å². The predicted octanol–water partition coefficient (Wildman–Crippen LogP) is -0.933. The molecule has 0 fully saturated rings. The van der Waals surface area contributed by atoms with E-state index in [9.17, 15) is 13.2 Å². The zero-order chi connectivity index (χ0) is 14.5. The van der Waals surface area contributed by atoms with Crippen molar-refractivity contribution in [2.75, 3.05) is 26.8 Å². The third-order valence-corrected chi connectivity index (χ3v) is 4.07. The highest BCUT2D eigenvalue weighted by Crippen LogP contribution is 2.15. The molecular weight excluding hydrogens is 272 g/mol. The van der Waals surface area contributed by atoms with Crippen LogP contribution >= 0.6 is 0 Å². The number of carbonyl (C=O) groups excluding carboxylic acids is 1. The van der Waals surface area contributed by atoms with Crippen LogP contribution in [0.5, 0.6) is 0 Å². The van der Waals surface area contributed by atoms with Gasteiger partial charge in [0.1, 0.15) is 11.5 Å². The van der Waals surface area contributed by atoms with Crippen molar-refractivity contribution < 1.29 is 17.9 Å². The Hall–Kier alpha value is -1.45. The number of aromatic nitrogens is 2. The first-order chi connectivity index (χ1) is 8.88. The van der Waals surface area contributed by atoms with E-state index >= 15 is 0 Å². The molecule has 108 valence electrons. The molecule has 1 aromatic heterocycles. The van der Waals surface area contributed by atoms with Gasteiger partial charge in [0, 0.05) is 20.2 Å². The number of nitrogens with zero attached hydrogens (tertiary/aromatic N) is 1. The van der Waals surface area contributed by atoms with Gasteiger partial charge in [0.15, 0.2) is 0 Å². The van der Waals surface area contributed by atoms with Crippen LogP contribution in [-0.4, -0.2) is 51.3 Å². The first-order valence-corrected chi connectivity index (χ1v) is 7.13. The first-order valence-electron chi connectivity index (χ1n) is 5.65. The summed E-state index contributed by atoms with van der Waals surface area (Å²) in [7, 11) is -2.21. The summed E-state index contributed by atoms with van der Waals surface area (Å²) in [4.78, 5) is 11.2. The Balaban J connectivity index is 2.51. The zero-order valence-corrected chi connectivity index (χ0v) is 11.9. The molecule has 1 amide bonds. The molecule has 1 heterocycles. The number of hydrogen-bond donors (Lipinski definition) is 3. The molecule has 0 bridgehead atoms. The summed E-state index contributed by atoms with van der Waals surface area (Å²) < 4.78 is 31.0. The molecule has 0 saturated carbocycles. The maximum atomic E-state index is 12.0. The first kappa shape index (κ1) is 15.6. The van der Waals surface area contributed by atoms with Gasteiger partial charge in [-0.2, -0.15) is 5.10 Å². The lowest BCUT2D eigenvalue weighted by molar-refractivity contribution is -0.124. The topological polar surface area (TPSA) is 113 Å². The standard InChI is InChI=1S/C10H18N4O4S/c1-7-10(8(2)14-13-7)19(16,17)12-5-4-11-9(15)6-18-3/h12H,4-6H2,1-3H3,(H,11,15)(H,13,14). The Morgan fingerprint density at radius 1 is 1.37 bits per heavy atom. The van der Waals surface area contributed by atoms with Gasteiger partial charge >= 0.3 is 0 Å². The van der Waals surface area contributed by atoms with Crippen LogP contribution < -0.4 is 10.0 Å². The number of aryl methyl sites for hydroxylation is 2. The van der Waals surface area contributed by atoms with Gasteiger partial charge in [0.25, 0.3) is 0 Å². The van der Waals surface area contributed by atoms with Crippen molar-refractivity contribution in [3.8, 4) is 0 Å². The Morgan fingerprint density at radius 3 is 2.58 bits per heavy atom. The summed E-state index contributed by atoms with van der Waals surface area (Å²) >= 11 is 0. The van der Waals surface area contributed by atoms with E-state index in [2.05, 4.69) is 25.0 Å². The van der Waals surface area contributed by atoms with E-state index < -0.39 is 10.0 Å². The van der Waals surface area contributed by atoms with E-state index in [-0.39, 0.29) is 30.5 Å². The Kier molecular flexibility index (Phi) is 5.45. The minimum absolute atomic E-state index is 0.0489. The molecular formula is C10H18N4O4S. The normalized spacial score (nSPS) is 11.5. The van der Waals surface area contributed by atoms with Gasteiger partial charge < -0.3 is 10.1 Å². The number of hydrogen-bond acceptors (Lipinski definition) is 5. The Morgan fingerprint density at radius 2 is 2.05 bits per heavy atom. The van der Waals surface area contributed by atoms with Gasteiger partial charge in [0.2, 0.25) is 15.9 Å². The van der Waals surface area contributed by atoms with E-state index in [1.807, 2.05) is 0 Å². The molecule has 0 spiro atoms. The van der Waals surface area contributed by atoms with Crippen molar-refractivity contribution in [1.29, 1.82) is 0 Å². The summed E-state index contributed by atoms with van der Waals surface area (Å²) in [6, 6.07) is 0. The summed E-state index contributed by atoms with van der Waals surface area (Å²) in [5, 5.41) is 8.96. The fraction of sp³-hybridized carbons (Fsp3) is 0.600. The maximum absolute atomic E-state index is 12.0. The fourth-order valence-electron chi connectivity index (χ4n) is 1.58. The number of carbonyl (C=O) groups is 1. The summed E-state index contributed by atoms with van der Waals surface area (Å²) in [6.45, 7) is 3.49. The van der Waals surface area contributed by atoms with Gasteiger partial charge in [-0.25, -0.2) is 13.1 Å². The number of ether oxygens (including phenoxy) is 1. The second-order valence-electron chi connectivity index (χ2n) is 3.94. The van der Waals surface area contributed by atoms with Crippen LogP contribution in [0.4, 0.5) is 0 Å². The van der Waals surface area contributed by atoms with Crippen LogP contribution in [0.25, 0.3) is 0 Å². The van der Waals surface area contributed by atoms with Gasteiger partial charge in [-0.1, -0.05) is 0 Å². The maximum Gasteiger partial charge on any atom is 0.246 e. The van der Waals surface area contributed by atoms with E-state index in [1.165, 1.54) is 7.11 Å². The van der Waals surface area contributed by atoms with Gasteiger partial charge in [0.05, 0.1) is 11.4 Å². The second-order valence-corrected chi connectivity index (χ2v) is 5.65. The molecule has 0 aromatic carbocycles. The van der Waals surface area contributed by atoms with Crippen LogP contribution in [0.15, 0.2) is 4.90 Å². The average molecular weight is 290 g/mol. The van der Waals surface area contributed by atoms with Crippen LogP contribution in [0.2, 0.25) is 0 Å². The van der Waals surface area contributed by atoms with E-state index in [0.29, 0.717) is 11.4 Å². The molecule has 3 N–H and O–H groups in total. The van der Waals surface area contributed by atoms with Crippen molar-refractivity contribution in [2.45, 2.75) is 18.7 Å². The summed E-state index contributed by atoms with van der Waals surface area (Å²) in [5.74, 6) is -0.294. The molecule has 0 atom stereocenters. The van der Waals surface area contributed by atoms with E-state index in [4.69, 9.17) is 0 Å². The Labute approximate surface area is 112 Å². The highest BCUT2D eigenvalue weighted by Gasteiger charge is 2.21. The number of aromatic amines is 1. The molecule has 0 aliphatic rings. The monoisotopic (exact) mass is 290 g/mol. The molecule has 0 unspecified atom stereocenters. The number of sulfonamides is 1.